The van der Waals surface area contributed by atoms with Crippen LogP contribution in [0.3, 0.4) is 0 Å². The first-order chi connectivity index (χ1) is 6.24. The van der Waals surface area contributed by atoms with Crippen LogP contribution >= 0.6 is 23.2 Å². The van der Waals surface area contributed by atoms with E-state index in [0.29, 0.717) is 10.0 Å². The summed E-state index contributed by atoms with van der Waals surface area (Å²) in [4.78, 5) is 0. The van der Waals surface area contributed by atoms with Crippen LogP contribution in [0.4, 0.5) is 0 Å². The summed E-state index contributed by atoms with van der Waals surface area (Å²) >= 11 is 11.6. The Kier molecular flexibility index (Phi) is 4.07. The van der Waals surface area contributed by atoms with E-state index in [1.54, 1.807) is 6.07 Å². The molecule has 1 rings (SSSR count). The Morgan fingerprint density at radius 3 is 2.46 bits per heavy atom. The van der Waals surface area contributed by atoms with Crippen molar-refractivity contribution in [3.8, 4) is 0 Å². The molecule has 1 aromatic rings. The Labute approximate surface area is 88.5 Å². The van der Waals surface area contributed by atoms with Crippen LogP contribution in [0.2, 0.25) is 10.0 Å². The molecule has 68 valence electrons. The lowest BCUT2D eigenvalue weighted by Crippen LogP contribution is -1.72. The lowest BCUT2D eigenvalue weighted by molar-refractivity contribution is 1.65. The largest absolute Gasteiger partial charge is 0.0877 e. The Morgan fingerprint density at radius 1 is 1.08 bits per heavy atom. The van der Waals surface area contributed by atoms with Crippen molar-refractivity contribution in [3.63, 3.8) is 0 Å². The molecule has 0 fully saturated rings. The fraction of sp³-hybridized carbons (Fsp3) is 0.0909. The molecule has 0 unspecified atom stereocenters. The first-order valence-corrected chi connectivity index (χ1v) is 4.74. The van der Waals surface area contributed by atoms with Crippen LogP contribution in [0.1, 0.15) is 12.5 Å². The third kappa shape index (κ3) is 3.25. The van der Waals surface area contributed by atoms with Crippen molar-refractivity contribution >= 4 is 29.3 Å². The fourth-order valence-corrected chi connectivity index (χ4v) is 1.20. The molecule has 0 aliphatic rings. The second-order valence-corrected chi connectivity index (χ2v) is 3.37. The zero-order valence-electron chi connectivity index (χ0n) is 7.30. The average Bonchev–Trinajstić information content (AvgIpc) is 2.12. The molecule has 0 bridgehead atoms. The standard InChI is InChI=1S/C11H10Cl2/c1-2-3-4-5-9-6-7-10(12)11(13)8-9/h2-8H,1H3/b3-2+,5-4+. The van der Waals surface area contributed by atoms with Gasteiger partial charge in [0, 0.05) is 0 Å². The van der Waals surface area contributed by atoms with Crippen molar-refractivity contribution in [3.05, 3.63) is 52.0 Å². The topological polar surface area (TPSA) is 0 Å². The maximum absolute atomic E-state index is 5.84. The van der Waals surface area contributed by atoms with Gasteiger partial charge in [0.2, 0.25) is 0 Å². The molecule has 0 N–H and O–H groups in total. The van der Waals surface area contributed by atoms with Gasteiger partial charge in [0.25, 0.3) is 0 Å². The van der Waals surface area contributed by atoms with Crippen molar-refractivity contribution in [2.24, 2.45) is 0 Å². The number of benzene rings is 1. The van der Waals surface area contributed by atoms with Crippen LogP contribution < -0.4 is 0 Å². The molecule has 0 heterocycles. The Bertz CT molecular complexity index is 338. The highest BCUT2D eigenvalue weighted by Gasteiger charge is 1.95. The predicted molar refractivity (Wildman–Crippen MR) is 60.3 cm³/mol. The SMILES string of the molecule is C/C=C/C=C/c1ccc(Cl)c(Cl)c1. The summed E-state index contributed by atoms with van der Waals surface area (Å²) in [5, 5.41) is 1.18. The van der Waals surface area contributed by atoms with Crippen molar-refractivity contribution in [1.29, 1.82) is 0 Å². The summed E-state index contributed by atoms with van der Waals surface area (Å²) in [5.41, 5.74) is 1.05. The molecule has 0 nitrogen and oxygen atoms in total. The van der Waals surface area contributed by atoms with Gasteiger partial charge in [-0.05, 0) is 24.6 Å². The normalized spacial score (nSPS) is 11.6. The van der Waals surface area contributed by atoms with E-state index >= 15 is 0 Å². The van der Waals surface area contributed by atoms with Gasteiger partial charge in [-0.3, -0.25) is 0 Å². The number of hydrogen-bond donors (Lipinski definition) is 0. The van der Waals surface area contributed by atoms with Crippen molar-refractivity contribution < 1.29 is 0 Å². The second-order valence-electron chi connectivity index (χ2n) is 2.56. The first-order valence-electron chi connectivity index (χ1n) is 3.98. The molecule has 0 atom stereocenters. The minimum absolute atomic E-state index is 0.587. The molecule has 13 heavy (non-hydrogen) atoms. The van der Waals surface area contributed by atoms with Gasteiger partial charge in [-0.1, -0.05) is 53.6 Å². The quantitative estimate of drug-likeness (QED) is 0.630. The summed E-state index contributed by atoms with van der Waals surface area (Å²) < 4.78 is 0. The highest BCUT2D eigenvalue weighted by Crippen LogP contribution is 2.22. The summed E-state index contributed by atoms with van der Waals surface area (Å²) in [6.45, 7) is 1.97. The molecule has 0 aromatic heterocycles. The van der Waals surface area contributed by atoms with E-state index in [4.69, 9.17) is 23.2 Å². The van der Waals surface area contributed by atoms with Gasteiger partial charge in [-0.2, -0.15) is 0 Å². The van der Waals surface area contributed by atoms with Gasteiger partial charge in [0.05, 0.1) is 10.0 Å². The molecule has 0 aliphatic carbocycles. The Balaban J connectivity index is 2.85. The molecular formula is C11H10Cl2. The third-order valence-corrected chi connectivity index (χ3v) is 2.27. The molecule has 0 spiro atoms. The first kappa shape index (κ1) is 10.4. The Hall–Kier alpha value is -0.720. The zero-order valence-corrected chi connectivity index (χ0v) is 8.81. The van der Waals surface area contributed by atoms with E-state index in [2.05, 4.69) is 0 Å². The second kappa shape index (κ2) is 5.11. The zero-order chi connectivity index (χ0) is 9.68. The molecule has 0 amide bonds. The van der Waals surface area contributed by atoms with Crippen LogP contribution in [-0.4, -0.2) is 0 Å². The monoisotopic (exact) mass is 212 g/mol. The number of halogens is 2. The lowest BCUT2D eigenvalue weighted by atomic mass is 10.2. The number of hydrogen-bond acceptors (Lipinski definition) is 0. The van der Waals surface area contributed by atoms with Crippen molar-refractivity contribution in [1.82, 2.24) is 0 Å². The molecule has 0 aliphatic heterocycles. The van der Waals surface area contributed by atoms with Crippen molar-refractivity contribution in [2.45, 2.75) is 6.92 Å². The average molecular weight is 213 g/mol. The smallest absolute Gasteiger partial charge is 0.0598 e. The van der Waals surface area contributed by atoms with Crippen LogP contribution in [0.5, 0.6) is 0 Å². The summed E-state index contributed by atoms with van der Waals surface area (Å²) in [6.07, 6.45) is 7.86. The van der Waals surface area contributed by atoms with Gasteiger partial charge < -0.3 is 0 Å². The minimum Gasteiger partial charge on any atom is -0.0877 e. The molecule has 2 heteroatoms. The van der Waals surface area contributed by atoms with Gasteiger partial charge in [0.15, 0.2) is 0 Å². The molecule has 0 radical (unpaired) electrons. The fourth-order valence-electron chi connectivity index (χ4n) is 0.894. The Morgan fingerprint density at radius 2 is 1.85 bits per heavy atom. The van der Waals surface area contributed by atoms with Gasteiger partial charge in [-0.15, -0.1) is 0 Å². The van der Waals surface area contributed by atoms with E-state index in [-0.39, 0.29) is 0 Å². The van der Waals surface area contributed by atoms with E-state index < -0.39 is 0 Å². The van der Waals surface area contributed by atoms with Crippen LogP contribution in [0.25, 0.3) is 6.08 Å². The molecule has 0 saturated carbocycles. The summed E-state index contributed by atoms with van der Waals surface area (Å²) in [6, 6.07) is 5.55. The van der Waals surface area contributed by atoms with Crippen LogP contribution in [0.15, 0.2) is 36.4 Å². The summed E-state index contributed by atoms with van der Waals surface area (Å²) in [7, 11) is 0. The number of rotatable bonds is 2. The number of allylic oxidation sites excluding steroid dienone is 3. The van der Waals surface area contributed by atoms with Crippen LogP contribution in [-0.2, 0) is 0 Å². The van der Waals surface area contributed by atoms with E-state index in [1.165, 1.54) is 0 Å². The third-order valence-electron chi connectivity index (χ3n) is 1.54. The molecular weight excluding hydrogens is 203 g/mol. The predicted octanol–water partition coefficient (Wildman–Crippen LogP) is 4.58. The van der Waals surface area contributed by atoms with E-state index in [9.17, 15) is 0 Å². The molecule has 0 saturated heterocycles. The molecule has 1 aromatic carbocycles. The maximum atomic E-state index is 5.84. The van der Waals surface area contributed by atoms with Gasteiger partial charge >= 0.3 is 0 Å². The lowest BCUT2D eigenvalue weighted by Gasteiger charge is -1.96. The van der Waals surface area contributed by atoms with Gasteiger partial charge in [0.1, 0.15) is 0 Å². The van der Waals surface area contributed by atoms with E-state index in [1.807, 2.05) is 43.4 Å². The van der Waals surface area contributed by atoms with Gasteiger partial charge in [-0.25, -0.2) is 0 Å². The van der Waals surface area contributed by atoms with Crippen molar-refractivity contribution in [2.75, 3.05) is 0 Å². The van der Waals surface area contributed by atoms with E-state index in [0.717, 1.165) is 5.56 Å². The maximum Gasteiger partial charge on any atom is 0.0598 e. The van der Waals surface area contributed by atoms with Crippen LogP contribution in [0, 0.1) is 0 Å². The summed E-state index contributed by atoms with van der Waals surface area (Å²) in [5.74, 6) is 0. The highest BCUT2D eigenvalue weighted by molar-refractivity contribution is 6.42. The minimum atomic E-state index is 0.587. The highest BCUT2D eigenvalue weighted by atomic mass is 35.5.